The molecule has 1 aromatic rings. The summed E-state index contributed by atoms with van der Waals surface area (Å²) in [5.74, 6) is -1.87. The molecule has 0 aromatic carbocycles. The fourth-order valence-electron chi connectivity index (χ4n) is 7.19. The minimum absolute atomic E-state index is 0.0173. The highest BCUT2D eigenvalue weighted by Crippen LogP contribution is 2.49. The summed E-state index contributed by atoms with van der Waals surface area (Å²) in [5.41, 5.74) is 1.44. The molecule has 47 heavy (non-hydrogen) atoms. The second kappa shape index (κ2) is 14.2. The van der Waals surface area contributed by atoms with E-state index < -0.39 is 54.0 Å². The lowest BCUT2D eigenvalue weighted by atomic mass is 9.65. The van der Waals surface area contributed by atoms with Crippen molar-refractivity contribution in [3.05, 3.63) is 59.7 Å². The molecule has 258 valence electrons. The third-order valence-electron chi connectivity index (χ3n) is 9.87. The lowest BCUT2D eigenvalue weighted by molar-refractivity contribution is -0.275. The Morgan fingerprint density at radius 1 is 1.23 bits per heavy atom. The van der Waals surface area contributed by atoms with Gasteiger partial charge in [0.1, 0.15) is 23.9 Å². The van der Waals surface area contributed by atoms with Crippen LogP contribution in [0.5, 0.6) is 0 Å². The van der Waals surface area contributed by atoms with Crippen molar-refractivity contribution in [2.45, 2.75) is 89.6 Å². The highest BCUT2D eigenvalue weighted by Gasteiger charge is 2.54. The number of nitrogens with zero attached hydrogens (tertiary/aromatic N) is 2. The van der Waals surface area contributed by atoms with Gasteiger partial charge in [-0.15, -0.1) is 0 Å². The molecule has 12 heteroatoms. The topological polar surface area (TPSA) is 148 Å². The second-order valence-electron chi connectivity index (χ2n) is 13.6. The lowest BCUT2D eigenvalue weighted by Gasteiger charge is -2.41. The number of carbonyl (C=O) groups is 2. The van der Waals surface area contributed by atoms with E-state index in [1.54, 1.807) is 30.3 Å². The van der Waals surface area contributed by atoms with E-state index in [1.165, 1.54) is 18.6 Å². The summed E-state index contributed by atoms with van der Waals surface area (Å²) in [6.07, 6.45) is 10.3. The number of imidazole rings is 1. The molecule has 5 rings (SSSR count). The van der Waals surface area contributed by atoms with Gasteiger partial charge in [0.15, 0.2) is 12.4 Å². The fourth-order valence-corrected chi connectivity index (χ4v) is 7.19. The minimum Gasteiger partial charge on any atom is -0.457 e. The first-order chi connectivity index (χ1) is 22.2. The molecular formula is C35H48N2O10. The van der Waals surface area contributed by atoms with Crippen LogP contribution in [0.2, 0.25) is 0 Å². The zero-order valence-electron chi connectivity index (χ0n) is 28.2. The number of carbonyl (C=O) groups excluding carboxylic acids is 2. The molecule has 10 atom stereocenters. The Bertz CT molecular complexity index is 1430. The Hall–Kier alpha value is -3.13. The minimum atomic E-state index is -1.43. The van der Waals surface area contributed by atoms with Gasteiger partial charge in [0, 0.05) is 38.9 Å². The van der Waals surface area contributed by atoms with Crippen molar-refractivity contribution in [2.75, 3.05) is 20.3 Å². The zero-order valence-corrected chi connectivity index (χ0v) is 28.2. The van der Waals surface area contributed by atoms with Crippen LogP contribution in [0, 0.1) is 23.7 Å². The van der Waals surface area contributed by atoms with Gasteiger partial charge in [-0.3, -0.25) is 4.79 Å². The van der Waals surface area contributed by atoms with Crippen LogP contribution in [0.4, 0.5) is 0 Å². The second-order valence-corrected chi connectivity index (χ2v) is 13.6. The van der Waals surface area contributed by atoms with E-state index >= 15 is 0 Å². The lowest BCUT2D eigenvalue weighted by Crippen LogP contribution is -2.55. The number of aliphatic hydroxyl groups is 2. The molecule has 1 aliphatic carbocycles. The van der Waals surface area contributed by atoms with Crippen LogP contribution in [0.1, 0.15) is 53.2 Å². The maximum absolute atomic E-state index is 13.3. The van der Waals surface area contributed by atoms with Crippen LogP contribution in [-0.2, 0) is 45.1 Å². The van der Waals surface area contributed by atoms with Crippen molar-refractivity contribution in [1.82, 2.24) is 9.55 Å². The van der Waals surface area contributed by atoms with Crippen LogP contribution < -0.4 is 0 Å². The van der Waals surface area contributed by atoms with Gasteiger partial charge < -0.3 is 43.2 Å². The number of methoxy groups -OCH3 is 1. The van der Waals surface area contributed by atoms with E-state index in [9.17, 15) is 19.8 Å². The van der Waals surface area contributed by atoms with E-state index in [0.717, 1.165) is 6.42 Å². The first-order valence-corrected chi connectivity index (χ1v) is 16.2. The molecule has 4 heterocycles. The number of rotatable bonds is 9. The Morgan fingerprint density at radius 2 is 2.00 bits per heavy atom. The number of esters is 2. The first kappa shape index (κ1) is 35.2. The Balaban J connectivity index is 1.47. The van der Waals surface area contributed by atoms with E-state index in [0.29, 0.717) is 23.6 Å². The van der Waals surface area contributed by atoms with Crippen LogP contribution in [0.15, 0.2) is 54.1 Å². The molecule has 12 nitrogen and oxygen atoms in total. The number of ether oxygens (including phenoxy) is 6. The van der Waals surface area contributed by atoms with E-state index in [1.807, 2.05) is 26.1 Å². The quantitative estimate of drug-likeness (QED) is 0.229. The summed E-state index contributed by atoms with van der Waals surface area (Å²) in [6.45, 7) is 9.36. The van der Waals surface area contributed by atoms with E-state index in [-0.39, 0.29) is 31.0 Å². The van der Waals surface area contributed by atoms with Crippen LogP contribution in [0.25, 0.3) is 6.08 Å². The van der Waals surface area contributed by atoms with Crippen molar-refractivity contribution in [2.24, 2.45) is 30.7 Å². The number of fused-ring (bicyclic) bond motifs is 3. The Kier molecular flexibility index (Phi) is 10.6. The van der Waals surface area contributed by atoms with Gasteiger partial charge in [-0.25, -0.2) is 9.78 Å². The Morgan fingerprint density at radius 3 is 2.66 bits per heavy atom. The van der Waals surface area contributed by atoms with Gasteiger partial charge in [0.25, 0.3) is 0 Å². The number of allylic oxidation sites excluding steroid dienone is 3. The molecule has 2 bridgehead atoms. The molecule has 0 spiro atoms. The number of hydrogen-bond acceptors (Lipinski definition) is 11. The van der Waals surface area contributed by atoms with E-state index in [2.05, 4.69) is 37.9 Å². The molecule has 2 N–H and O–H groups in total. The SMILES string of the molecule is CO[C@]12C=C[C@](C)(O1)[C@@H](OC(=O)/C=C/c1cn(C)cn1)C[C@H]1C(C)=CC[C@H](C(C)C)[C@H]1C=C2CO[C@@H]1OC[C@@H](O)[C@@H](OC(C)=O)[C@@H]1O. The average molecular weight is 657 g/mol. The van der Waals surface area contributed by atoms with Gasteiger partial charge >= 0.3 is 11.9 Å². The third-order valence-corrected chi connectivity index (χ3v) is 9.87. The van der Waals surface area contributed by atoms with Crippen LogP contribution in [0.3, 0.4) is 0 Å². The van der Waals surface area contributed by atoms with Crippen LogP contribution >= 0.6 is 0 Å². The maximum Gasteiger partial charge on any atom is 0.331 e. The van der Waals surface area contributed by atoms with Gasteiger partial charge in [-0.05, 0) is 68.6 Å². The highest BCUT2D eigenvalue weighted by atomic mass is 16.7. The predicted molar refractivity (Wildman–Crippen MR) is 170 cm³/mol. The molecule has 4 aliphatic rings. The number of aryl methyl sites for hydroxylation is 1. The zero-order chi connectivity index (χ0) is 34.1. The number of aromatic nitrogens is 2. The third kappa shape index (κ3) is 7.48. The van der Waals surface area contributed by atoms with Gasteiger partial charge in [-0.2, -0.15) is 0 Å². The average Bonchev–Trinajstić information content (AvgIpc) is 3.61. The summed E-state index contributed by atoms with van der Waals surface area (Å²) in [4.78, 5) is 29.1. The van der Waals surface area contributed by atoms with Crippen molar-refractivity contribution < 1.29 is 48.2 Å². The molecule has 1 aromatic heterocycles. The molecule has 0 radical (unpaired) electrons. The van der Waals surface area contributed by atoms with Gasteiger partial charge in [0.05, 0.1) is 25.2 Å². The Labute approximate surface area is 276 Å². The molecule has 1 saturated heterocycles. The molecule has 1 fully saturated rings. The first-order valence-electron chi connectivity index (χ1n) is 16.2. The fraction of sp³-hybridized carbons (Fsp3) is 0.629. The largest absolute Gasteiger partial charge is 0.457 e. The van der Waals surface area contributed by atoms with E-state index in [4.69, 9.17) is 28.4 Å². The van der Waals surface area contributed by atoms with Crippen LogP contribution in [-0.4, -0.2) is 94.1 Å². The summed E-state index contributed by atoms with van der Waals surface area (Å²) in [5, 5.41) is 21.2. The maximum atomic E-state index is 13.3. The molecule has 0 amide bonds. The summed E-state index contributed by atoms with van der Waals surface area (Å²) < 4.78 is 37.8. The monoisotopic (exact) mass is 656 g/mol. The molecule has 0 unspecified atom stereocenters. The number of aliphatic hydroxyl groups excluding tert-OH is 2. The molecule has 0 saturated carbocycles. The smallest absolute Gasteiger partial charge is 0.331 e. The molecular weight excluding hydrogens is 608 g/mol. The normalized spacial score (nSPS) is 37.1. The summed E-state index contributed by atoms with van der Waals surface area (Å²) in [6, 6.07) is 0. The van der Waals surface area contributed by atoms with Crippen molar-refractivity contribution in [3.8, 4) is 0 Å². The summed E-state index contributed by atoms with van der Waals surface area (Å²) in [7, 11) is 3.40. The number of hydrogen-bond donors (Lipinski definition) is 2. The standard InChI is InChI=1S/C35H48N2O10/c1-20(2)25-10-8-21(3)26-15-29(46-30(40)11-9-24-16-37(6)19-36-24)34(5)12-13-35(42-7,47-34)23(14-27(25)26)17-43-33-31(41)32(45-22(4)38)28(39)18-44-33/h8-9,11-14,16,19-20,25-29,31-33,39,41H,10,15,17-18H2,1-7H3/b11-9+,23-14?/t25-,26+,27-,28-,29+,31+,32-,33-,34+,35-/m1/s1. The van der Waals surface area contributed by atoms with Crippen molar-refractivity contribution >= 4 is 18.0 Å². The van der Waals surface area contributed by atoms with Gasteiger partial charge in [0.2, 0.25) is 5.79 Å². The highest BCUT2D eigenvalue weighted by molar-refractivity contribution is 5.86. The predicted octanol–water partition coefficient (Wildman–Crippen LogP) is 3.24. The summed E-state index contributed by atoms with van der Waals surface area (Å²) >= 11 is 0. The van der Waals surface area contributed by atoms with Gasteiger partial charge in [-0.1, -0.05) is 31.6 Å². The molecule has 3 aliphatic heterocycles. The van der Waals surface area contributed by atoms with Crippen molar-refractivity contribution in [3.63, 3.8) is 0 Å². The van der Waals surface area contributed by atoms with Crippen molar-refractivity contribution in [1.29, 1.82) is 0 Å².